The van der Waals surface area contributed by atoms with Crippen LogP contribution < -0.4 is 16.0 Å². The third-order valence-corrected chi connectivity index (χ3v) is 6.94. The molecule has 0 saturated carbocycles. The van der Waals surface area contributed by atoms with Crippen molar-refractivity contribution in [2.24, 2.45) is 0 Å². The highest BCUT2D eigenvalue weighted by molar-refractivity contribution is 6.31. The van der Waals surface area contributed by atoms with Crippen molar-refractivity contribution in [3.05, 3.63) is 107 Å². The minimum Gasteiger partial charge on any atom is -0.393 e. The zero-order valence-electron chi connectivity index (χ0n) is 20.4. The molecule has 0 atom stereocenters. The average Bonchev–Trinajstić information content (AvgIpc) is 2.92. The zero-order valence-corrected chi connectivity index (χ0v) is 21.1. The summed E-state index contributed by atoms with van der Waals surface area (Å²) in [5.74, 6) is 0.780. The van der Waals surface area contributed by atoms with Crippen LogP contribution in [-0.2, 0) is 6.18 Å². The molecular formula is C28H26ClF3N6. The standard InChI is InChI=1S/C28H26ClF3N6/c29-23-12-11-21(17-22(23)28(30,31)32)36-26-24(33)27(35-18-34-26)38-15-13-37(14-16-38)25(19-7-3-1-4-8-19)20-9-5-2-6-10-20/h1-12,17-18,25H,13-16,33H2,(H,34,35,36). The second-order valence-corrected chi connectivity index (χ2v) is 9.43. The van der Waals surface area contributed by atoms with E-state index in [1.807, 2.05) is 12.1 Å². The van der Waals surface area contributed by atoms with Crippen molar-refractivity contribution < 1.29 is 13.2 Å². The number of aromatic nitrogens is 2. The number of rotatable bonds is 6. The Morgan fingerprint density at radius 1 is 0.842 bits per heavy atom. The van der Waals surface area contributed by atoms with Gasteiger partial charge >= 0.3 is 6.18 Å². The van der Waals surface area contributed by atoms with Crippen LogP contribution in [0.1, 0.15) is 22.7 Å². The number of benzene rings is 3. The molecule has 0 unspecified atom stereocenters. The largest absolute Gasteiger partial charge is 0.417 e. The second-order valence-electron chi connectivity index (χ2n) is 9.02. The molecule has 0 bridgehead atoms. The number of nitrogens with zero attached hydrogens (tertiary/aromatic N) is 4. The summed E-state index contributed by atoms with van der Waals surface area (Å²) >= 11 is 5.75. The third-order valence-electron chi connectivity index (χ3n) is 6.61. The van der Waals surface area contributed by atoms with E-state index in [-0.39, 0.29) is 28.3 Å². The molecule has 4 aromatic rings. The van der Waals surface area contributed by atoms with E-state index in [1.54, 1.807) is 0 Å². The Balaban J connectivity index is 1.34. The molecule has 1 aliphatic heterocycles. The number of nitrogens with two attached hydrogens (primary N) is 1. The van der Waals surface area contributed by atoms with Crippen molar-refractivity contribution >= 4 is 34.6 Å². The van der Waals surface area contributed by atoms with Gasteiger partial charge in [0.05, 0.1) is 16.6 Å². The van der Waals surface area contributed by atoms with E-state index in [0.717, 1.165) is 19.2 Å². The van der Waals surface area contributed by atoms with Gasteiger partial charge in [-0.1, -0.05) is 72.3 Å². The van der Waals surface area contributed by atoms with Gasteiger partial charge in [-0.15, -0.1) is 0 Å². The predicted molar refractivity (Wildman–Crippen MR) is 145 cm³/mol. The summed E-state index contributed by atoms with van der Waals surface area (Å²) in [5, 5.41) is 2.52. The van der Waals surface area contributed by atoms with E-state index in [9.17, 15) is 13.2 Å². The minimum atomic E-state index is -4.58. The Hall–Kier alpha value is -3.82. The SMILES string of the molecule is Nc1c(Nc2ccc(Cl)c(C(F)(F)F)c2)ncnc1N1CCN(C(c2ccccc2)c2ccccc2)CC1. The normalized spacial score (nSPS) is 14.6. The number of alkyl halides is 3. The van der Waals surface area contributed by atoms with Gasteiger partial charge < -0.3 is 16.0 Å². The van der Waals surface area contributed by atoms with Gasteiger partial charge in [-0.3, -0.25) is 4.90 Å². The zero-order chi connectivity index (χ0) is 26.7. The van der Waals surface area contributed by atoms with Crippen LogP contribution in [0.25, 0.3) is 0 Å². The smallest absolute Gasteiger partial charge is 0.393 e. The number of hydrogen-bond acceptors (Lipinski definition) is 6. The summed E-state index contributed by atoms with van der Waals surface area (Å²) in [4.78, 5) is 13.1. The van der Waals surface area contributed by atoms with E-state index in [0.29, 0.717) is 18.9 Å². The molecule has 6 nitrogen and oxygen atoms in total. The highest BCUT2D eigenvalue weighted by Gasteiger charge is 2.33. The van der Waals surface area contributed by atoms with Gasteiger partial charge in [-0.05, 0) is 29.3 Å². The first-order valence-corrected chi connectivity index (χ1v) is 12.5. The van der Waals surface area contributed by atoms with E-state index < -0.39 is 11.7 Å². The summed E-state index contributed by atoms with van der Waals surface area (Å²) in [5.41, 5.74) is 8.37. The molecule has 1 fully saturated rings. The molecular weight excluding hydrogens is 513 g/mol. The lowest BCUT2D eigenvalue weighted by Crippen LogP contribution is -2.48. The third kappa shape index (κ3) is 5.54. The van der Waals surface area contributed by atoms with Crippen LogP contribution in [-0.4, -0.2) is 41.0 Å². The van der Waals surface area contributed by atoms with Gasteiger partial charge in [-0.2, -0.15) is 13.2 Å². The highest BCUT2D eigenvalue weighted by Crippen LogP contribution is 2.38. The molecule has 0 aliphatic carbocycles. The fourth-order valence-electron chi connectivity index (χ4n) is 4.77. The minimum absolute atomic E-state index is 0.118. The van der Waals surface area contributed by atoms with Gasteiger partial charge in [0.25, 0.3) is 0 Å². The lowest BCUT2D eigenvalue weighted by Gasteiger charge is -2.40. The quantitative estimate of drug-likeness (QED) is 0.296. The Kier molecular flexibility index (Phi) is 7.40. The average molecular weight is 539 g/mol. The van der Waals surface area contributed by atoms with Crippen LogP contribution in [0.2, 0.25) is 5.02 Å². The summed E-state index contributed by atoms with van der Waals surface area (Å²) in [7, 11) is 0. The van der Waals surface area contributed by atoms with Crippen LogP contribution in [0.4, 0.5) is 36.2 Å². The number of anilines is 4. The van der Waals surface area contributed by atoms with Crippen molar-refractivity contribution in [3.63, 3.8) is 0 Å². The Morgan fingerprint density at radius 3 is 2.03 bits per heavy atom. The molecule has 0 radical (unpaired) electrons. The van der Waals surface area contributed by atoms with Gasteiger partial charge in [0.2, 0.25) is 0 Å². The van der Waals surface area contributed by atoms with Crippen molar-refractivity contribution in [2.75, 3.05) is 42.1 Å². The second kappa shape index (κ2) is 10.9. The molecule has 196 valence electrons. The van der Waals surface area contributed by atoms with Crippen LogP contribution >= 0.6 is 11.6 Å². The summed E-state index contributed by atoms with van der Waals surface area (Å²) in [6, 6.07) is 24.5. The Labute approximate surface area is 223 Å². The number of nitrogen functional groups attached to an aromatic ring is 1. The predicted octanol–water partition coefficient (Wildman–Crippen LogP) is 6.39. The lowest BCUT2D eigenvalue weighted by molar-refractivity contribution is -0.137. The first-order chi connectivity index (χ1) is 18.3. The number of hydrogen-bond donors (Lipinski definition) is 2. The van der Waals surface area contributed by atoms with Gasteiger partial charge in [-0.25, -0.2) is 9.97 Å². The Morgan fingerprint density at radius 2 is 1.45 bits per heavy atom. The highest BCUT2D eigenvalue weighted by atomic mass is 35.5. The summed E-state index contributed by atoms with van der Waals surface area (Å²) in [6.07, 6.45) is -3.22. The maximum Gasteiger partial charge on any atom is 0.417 e. The number of nitrogens with one attached hydrogen (secondary N) is 1. The van der Waals surface area contributed by atoms with Crippen molar-refractivity contribution in [1.29, 1.82) is 0 Å². The summed E-state index contributed by atoms with van der Waals surface area (Å²) in [6.45, 7) is 2.89. The molecule has 38 heavy (non-hydrogen) atoms. The number of piperazine rings is 1. The van der Waals surface area contributed by atoms with Crippen molar-refractivity contribution in [3.8, 4) is 0 Å². The molecule has 3 N–H and O–H groups in total. The molecule has 10 heteroatoms. The van der Waals surface area contributed by atoms with Gasteiger partial charge in [0.1, 0.15) is 12.0 Å². The van der Waals surface area contributed by atoms with Crippen LogP contribution in [0.3, 0.4) is 0 Å². The number of halogens is 4. The molecule has 0 spiro atoms. The maximum atomic E-state index is 13.3. The van der Waals surface area contributed by atoms with E-state index >= 15 is 0 Å². The van der Waals surface area contributed by atoms with E-state index in [2.05, 4.69) is 73.6 Å². The van der Waals surface area contributed by atoms with E-state index in [4.69, 9.17) is 17.3 Å². The molecule has 2 heterocycles. The lowest BCUT2D eigenvalue weighted by atomic mass is 9.96. The fourth-order valence-corrected chi connectivity index (χ4v) is 5.00. The fraction of sp³-hybridized carbons (Fsp3) is 0.214. The molecule has 3 aromatic carbocycles. The van der Waals surface area contributed by atoms with Gasteiger partial charge in [0.15, 0.2) is 11.6 Å². The monoisotopic (exact) mass is 538 g/mol. The van der Waals surface area contributed by atoms with Crippen molar-refractivity contribution in [2.45, 2.75) is 12.2 Å². The molecule has 0 amide bonds. The molecule has 1 aliphatic rings. The summed E-state index contributed by atoms with van der Waals surface area (Å²) < 4.78 is 39.9. The maximum absolute atomic E-state index is 13.3. The van der Waals surface area contributed by atoms with Crippen LogP contribution in [0, 0.1) is 0 Å². The van der Waals surface area contributed by atoms with Crippen molar-refractivity contribution in [1.82, 2.24) is 14.9 Å². The van der Waals surface area contributed by atoms with Crippen LogP contribution in [0.15, 0.2) is 85.2 Å². The molecule has 1 aromatic heterocycles. The van der Waals surface area contributed by atoms with Crippen LogP contribution in [0.5, 0.6) is 0 Å². The topological polar surface area (TPSA) is 70.3 Å². The molecule has 1 saturated heterocycles. The first-order valence-electron chi connectivity index (χ1n) is 12.1. The molecule has 5 rings (SSSR count). The van der Waals surface area contributed by atoms with E-state index in [1.165, 1.54) is 29.6 Å². The first kappa shape index (κ1) is 25.8. The van der Waals surface area contributed by atoms with Gasteiger partial charge in [0, 0.05) is 31.9 Å². The Bertz CT molecular complexity index is 1340.